The van der Waals surface area contributed by atoms with Gasteiger partial charge in [0.25, 0.3) is 0 Å². The molecule has 1 aromatic heterocycles. The van der Waals surface area contributed by atoms with E-state index in [1.54, 1.807) is 24.3 Å². The molecule has 0 amide bonds. The van der Waals surface area contributed by atoms with E-state index in [0.29, 0.717) is 0 Å². The van der Waals surface area contributed by atoms with E-state index in [2.05, 4.69) is 25.6 Å². The second-order valence-corrected chi connectivity index (χ2v) is 9.25. The van der Waals surface area contributed by atoms with Gasteiger partial charge in [0.05, 0.1) is 10.9 Å². The predicted molar refractivity (Wildman–Crippen MR) is 116 cm³/mol. The summed E-state index contributed by atoms with van der Waals surface area (Å²) in [6.45, 7) is 1.93. The van der Waals surface area contributed by atoms with Crippen LogP contribution in [0.5, 0.6) is 0 Å². The Morgan fingerprint density at radius 2 is 1.57 bits per heavy atom. The molecule has 4 nitrogen and oxygen atoms in total. The fourth-order valence-electron chi connectivity index (χ4n) is 3.28. The van der Waals surface area contributed by atoms with Crippen LogP contribution in [-0.4, -0.2) is 13.4 Å². The van der Waals surface area contributed by atoms with Crippen molar-refractivity contribution in [2.45, 2.75) is 17.9 Å². The number of nitrogens with one attached hydrogen (secondary N) is 2. The number of para-hydroxylation sites is 1. The van der Waals surface area contributed by atoms with Crippen molar-refractivity contribution in [3.63, 3.8) is 0 Å². The first kappa shape index (κ1) is 18.9. The van der Waals surface area contributed by atoms with Gasteiger partial charge in [-0.05, 0) is 42.3 Å². The van der Waals surface area contributed by atoms with Gasteiger partial charge in [0.15, 0.2) is 0 Å². The molecule has 1 unspecified atom stereocenters. The Hall–Kier alpha value is -2.41. The van der Waals surface area contributed by atoms with Gasteiger partial charge in [-0.15, -0.1) is 0 Å². The van der Waals surface area contributed by atoms with Gasteiger partial charge in [-0.3, -0.25) is 0 Å². The fraction of sp³-hybridized carbons (Fsp3) is 0.0909. The molecule has 1 atom stereocenters. The monoisotopic (exact) mass is 454 g/mol. The first-order valence-corrected chi connectivity index (χ1v) is 11.1. The molecule has 142 valence electrons. The minimum Gasteiger partial charge on any atom is -0.361 e. The van der Waals surface area contributed by atoms with Crippen LogP contribution in [0.25, 0.3) is 10.9 Å². The van der Waals surface area contributed by atoms with Gasteiger partial charge in [-0.1, -0.05) is 70.0 Å². The van der Waals surface area contributed by atoms with E-state index < -0.39 is 16.1 Å². The van der Waals surface area contributed by atoms with Gasteiger partial charge in [-0.2, -0.15) is 4.72 Å². The summed E-state index contributed by atoms with van der Waals surface area (Å²) in [6.07, 6.45) is 1.87. The molecular weight excluding hydrogens is 436 g/mol. The van der Waals surface area contributed by atoms with E-state index in [0.717, 1.165) is 32.1 Å². The topological polar surface area (TPSA) is 62.0 Å². The Morgan fingerprint density at radius 1 is 0.893 bits per heavy atom. The quantitative estimate of drug-likeness (QED) is 0.429. The summed E-state index contributed by atoms with van der Waals surface area (Å²) in [5, 5.41) is 0.981. The minimum atomic E-state index is -3.72. The van der Waals surface area contributed by atoms with E-state index in [4.69, 9.17) is 0 Å². The molecule has 28 heavy (non-hydrogen) atoms. The summed E-state index contributed by atoms with van der Waals surface area (Å²) in [5.41, 5.74) is 3.70. The molecule has 3 aromatic carbocycles. The van der Waals surface area contributed by atoms with Crippen molar-refractivity contribution in [2.75, 3.05) is 0 Å². The van der Waals surface area contributed by atoms with Gasteiger partial charge in [0.2, 0.25) is 10.0 Å². The number of hydrogen-bond acceptors (Lipinski definition) is 2. The third kappa shape index (κ3) is 3.63. The molecule has 0 aliphatic heterocycles. The highest BCUT2D eigenvalue weighted by Crippen LogP contribution is 2.34. The van der Waals surface area contributed by atoms with Crippen LogP contribution in [0.15, 0.2) is 88.4 Å². The van der Waals surface area contributed by atoms with Gasteiger partial charge < -0.3 is 4.98 Å². The van der Waals surface area contributed by atoms with Crippen LogP contribution in [-0.2, 0) is 10.0 Å². The van der Waals surface area contributed by atoms with Crippen LogP contribution in [0.1, 0.15) is 22.7 Å². The molecule has 2 N–H and O–H groups in total. The number of aryl methyl sites for hydroxylation is 1. The van der Waals surface area contributed by atoms with E-state index in [-0.39, 0.29) is 4.90 Å². The Kier molecular flexibility index (Phi) is 5.10. The zero-order valence-electron chi connectivity index (χ0n) is 15.2. The highest BCUT2D eigenvalue weighted by Gasteiger charge is 2.26. The molecule has 6 heteroatoms. The maximum absolute atomic E-state index is 13.1. The van der Waals surface area contributed by atoms with E-state index in [1.165, 1.54) is 0 Å². The van der Waals surface area contributed by atoms with Crippen molar-refractivity contribution >= 4 is 36.9 Å². The maximum Gasteiger partial charge on any atom is 0.241 e. The largest absolute Gasteiger partial charge is 0.361 e. The third-order valence-corrected chi connectivity index (χ3v) is 6.91. The van der Waals surface area contributed by atoms with Crippen LogP contribution in [0.2, 0.25) is 0 Å². The maximum atomic E-state index is 13.1. The molecule has 4 aromatic rings. The number of sulfonamides is 1. The minimum absolute atomic E-state index is 0.245. The van der Waals surface area contributed by atoms with Crippen molar-refractivity contribution in [2.24, 2.45) is 0 Å². The van der Waals surface area contributed by atoms with Crippen LogP contribution in [0.4, 0.5) is 0 Å². The Labute approximate surface area is 172 Å². The van der Waals surface area contributed by atoms with Crippen molar-refractivity contribution in [3.05, 3.63) is 100 Å². The summed E-state index contributed by atoms with van der Waals surface area (Å²) < 4.78 is 30.0. The van der Waals surface area contributed by atoms with E-state index in [9.17, 15) is 8.42 Å². The van der Waals surface area contributed by atoms with Crippen LogP contribution in [0.3, 0.4) is 0 Å². The van der Waals surface area contributed by atoms with Gasteiger partial charge in [0, 0.05) is 21.6 Å². The SMILES string of the molecule is Cc1ccc(S(=O)(=O)NC(c2ccccc2Br)c2c[nH]c3ccccc23)cc1. The van der Waals surface area contributed by atoms with Crippen LogP contribution < -0.4 is 4.72 Å². The average Bonchev–Trinajstić information content (AvgIpc) is 3.11. The lowest BCUT2D eigenvalue weighted by Gasteiger charge is -2.20. The van der Waals surface area contributed by atoms with Crippen LogP contribution in [0, 0.1) is 6.92 Å². The third-order valence-electron chi connectivity index (χ3n) is 4.75. The standard InChI is InChI=1S/C22H19BrN2O2S/c1-15-10-12-16(13-11-15)28(26,27)25-22(18-7-2-4-8-20(18)23)19-14-24-21-9-5-3-6-17(19)21/h2-14,22,24-25H,1H3. The highest BCUT2D eigenvalue weighted by molar-refractivity contribution is 9.10. The summed E-state index contributed by atoms with van der Waals surface area (Å²) in [4.78, 5) is 3.49. The summed E-state index contributed by atoms with van der Waals surface area (Å²) in [5.74, 6) is 0. The van der Waals surface area contributed by atoms with Crippen molar-refractivity contribution in [1.82, 2.24) is 9.71 Å². The molecule has 0 spiro atoms. The highest BCUT2D eigenvalue weighted by atomic mass is 79.9. The average molecular weight is 455 g/mol. The molecule has 0 radical (unpaired) electrons. The first-order valence-electron chi connectivity index (χ1n) is 8.85. The second kappa shape index (κ2) is 7.54. The summed E-state index contributed by atoms with van der Waals surface area (Å²) in [6, 6.07) is 21.8. The number of halogens is 1. The van der Waals surface area contributed by atoms with E-state index in [1.807, 2.05) is 61.7 Å². The fourth-order valence-corrected chi connectivity index (χ4v) is 4.99. The Morgan fingerprint density at radius 3 is 2.32 bits per heavy atom. The molecule has 0 aliphatic carbocycles. The Balaban J connectivity index is 1.84. The molecule has 0 fully saturated rings. The van der Waals surface area contributed by atoms with Crippen molar-refractivity contribution in [1.29, 1.82) is 0 Å². The smallest absolute Gasteiger partial charge is 0.241 e. The zero-order chi connectivity index (χ0) is 19.7. The predicted octanol–water partition coefficient (Wildman–Crippen LogP) is 5.31. The lowest BCUT2D eigenvalue weighted by molar-refractivity contribution is 0.572. The molecule has 0 saturated heterocycles. The van der Waals surface area contributed by atoms with Gasteiger partial charge >= 0.3 is 0 Å². The number of hydrogen-bond donors (Lipinski definition) is 2. The number of aromatic amines is 1. The van der Waals surface area contributed by atoms with Crippen molar-refractivity contribution in [3.8, 4) is 0 Å². The van der Waals surface area contributed by atoms with Crippen molar-refractivity contribution < 1.29 is 8.42 Å². The number of H-pyrrole nitrogens is 1. The number of benzene rings is 3. The molecule has 0 aliphatic rings. The molecular formula is C22H19BrN2O2S. The lowest BCUT2D eigenvalue weighted by Crippen LogP contribution is -2.29. The lowest BCUT2D eigenvalue weighted by atomic mass is 9.99. The molecule has 0 bridgehead atoms. The second-order valence-electron chi connectivity index (χ2n) is 6.68. The van der Waals surface area contributed by atoms with E-state index >= 15 is 0 Å². The van der Waals surface area contributed by atoms with Crippen LogP contribution >= 0.6 is 15.9 Å². The normalized spacial score (nSPS) is 12.9. The first-order chi connectivity index (χ1) is 13.5. The Bertz CT molecular complexity index is 1230. The molecule has 1 heterocycles. The zero-order valence-corrected chi connectivity index (χ0v) is 17.6. The van der Waals surface area contributed by atoms with Gasteiger partial charge in [-0.25, -0.2) is 8.42 Å². The summed E-state index contributed by atoms with van der Waals surface area (Å²) >= 11 is 3.57. The molecule has 4 rings (SSSR count). The molecule has 0 saturated carbocycles. The number of rotatable bonds is 5. The van der Waals surface area contributed by atoms with Gasteiger partial charge in [0.1, 0.15) is 0 Å². The summed E-state index contributed by atoms with van der Waals surface area (Å²) in [7, 11) is -3.72. The number of aromatic nitrogens is 1. The number of fused-ring (bicyclic) bond motifs is 1.